The molecule has 1 saturated carbocycles. The highest BCUT2D eigenvalue weighted by atomic mass is 32.1. The maximum absolute atomic E-state index is 13.9. The van der Waals surface area contributed by atoms with E-state index in [0.717, 1.165) is 78.5 Å². The summed E-state index contributed by atoms with van der Waals surface area (Å²) in [5.41, 5.74) is 6.30. The molecule has 1 fully saturated rings. The fourth-order valence-corrected chi connectivity index (χ4v) is 7.71. The number of ether oxygens (including phenoxy) is 3. The molecule has 0 bridgehead atoms. The van der Waals surface area contributed by atoms with Crippen molar-refractivity contribution in [2.75, 3.05) is 44.7 Å². The van der Waals surface area contributed by atoms with Gasteiger partial charge in [-0.3, -0.25) is 14.4 Å². The number of methoxy groups -OCH3 is 2. The van der Waals surface area contributed by atoms with Crippen molar-refractivity contribution < 1.29 is 33.4 Å². The molecular weight excluding hydrogens is 679 g/mol. The summed E-state index contributed by atoms with van der Waals surface area (Å²) >= 11 is 1.48. The molecule has 272 valence electrons. The van der Waals surface area contributed by atoms with Crippen LogP contribution in [0.25, 0.3) is 0 Å². The summed E-state index contributed by atoms with van der Waals surface area (Å²) in [6.45, 7) is 1.17. The molecule has 0 aliphatic heterocycles. The Hall–Kier alpha value is -4.84. The van der Waals surface area contributed by atoms with Crippen LogP contribution in [0, 0.1) is 0 Å². The third kappa shape index (κ3) is 9.52. The van der Waals surface area contributed by atoms with Crippen LogP contribution in [0.5, 0.6) is 0 Å². The van der Waals surface area contributed by atoms with Crippen LogP contribution in [-0.2, 0) is 51.2 Å². The molecular formula is C41H45N3O7S. The quantitative estimate of drug-likeness (QED) is 0.0957. The molecule has 0 radical (unpaired) electrons. The molecule has 10 nitrogen and oxygen atoms in total. The lowest BCUT2D eigenvalue weighted by Gasteiger charge is -2.23. The average molecular weight is 724 g/mol. The monoisotopic (exact) mass is 723 g/mol. The van der Waals surface area contributed by atoms with Gasteiger partial charge in [0.15, 0.2) is 0 Å². The Kier molecular flexibility index (Phi) is 12.5. The number of benzene rings is 3. The number of rotatable bonds is 16. The van der Waals surface area contributed by atoms with Crippen LogP contribution < -0.4 is 10.6 Å². The highest BCUT2D eigenvalue weighted by molar-refractivity contribution is 7.17. The van der Waals surface area contributed by atoms with Gasteiger partial charge >= 0.3 is 5.97 Å². The Balaban J connectivity index is 1.10. The lowest BCUT2D eigenvalue weighted by molar-refractivity contribution is -0.137. The number of carbonyl (C=O) groups is 4. The van der Waals surface area contributed by atoms with Crippen molar-refractivity contribution in [3.05, 3.63) is 117 Å². The molecule has 6 rings (SSSR count). The summed E-state index contributed by atoms with van der Waals surface area (Å²) in [6, 6.07) is 22.7. The van der Waals surface area contributed by atoms with Crippen molar-refractivity contribution in [1.82, 2.24) is 4.90 Å². The van der Waals surface area contributed by atoms with E-state index in [-0.39, 0.29) is 36.3 Å². The SMILES string of the molecule is COCCOCC(=O)N(Cc1cccc(C(=O)Nc2sc3c(c2C(=O)Nc2ccc(CCc4ccc(C(=O)OC)cc4)cc2)CCCC3)c1)C1CC1. The Morgan fingerprint density at radius 3 is 2.19 bits per heavy atom. The minimum Gasteiger partial charge on any atom is -0.465 e. The van der Waals surface area contributed by atoms with Gasteiger partial charge in [0.1, 0.15) is 11.6 Å². The predicted octanol–water partition coefficient (Wildman–Crippen LogP) is 6.86. The van der Waals surface area contributed by atoms with E-state index >= 15 is 0 Å². The van der Waals surface area contributed by atoms with Crippen molar-refractivity contribution in [3.8, 4) is 0 Å². The summed E-state index contributed by atoms with van der Waals surface area (Å²) in [5, 5.41) is 6.69. The number of anilines is 2. The van der Waals surface area contributed by atoms with Gasteiger partial charge in [-0.05, 0) is 110 Å². The normalized spacial score (nSPS) is 13.6. The van der Waals surface area contributed by atoms with Crippen molar-refractivity contribution in [2.45, 2.75) is 64.0 Å². The van der Waals surface area contributed by atoms with Gasteiger partial charge < -0.3 is 29.7 Å². The average Bonchev–Trinajstić information content (AvgIpc) is 3.95. The molecule has 0 unspecified atom stereocenters. The Bertz CT molecular complexity index is 1880. The number of carbonyl (C=O) groups excluding carboxylic acids is 4. The van der Waals surface area contributed by atoms with E-state index in [4.69, 9.17) is 14.2 Å². The van der Waals surface area contributed by atoms with E-state index < -0.39 is 0 Å². The van der Waals surface area contributed by atoms with Crippen LogP contribution in [0.15, 0.2) is 72.8 Å². The summed E-state index contributed by atoms with van der Waals surface area (Å²) in [7, 11) is 2.96. The highest BCUT2D eigenvalue weighted by Gasteiger charge is 2.33. The molecule has 3 aromatic carbocycles. The second-order valence-electron chi connectivity index (χ2n) is 13.2. The lowest BCUT2D eigenvalue weighted by Crippen LogP contribution is -2.35. The number of nitrogens with zero attached hydrogens (tertiary/aromatic N) is 1. The lowest BCUT2D eigenvalue weighted by atomic mass is 9.95. The van der Waals surface area contributed by atoms with Gasteiger partial charge in [-0.2, -0.15) is 0 Å². The largest absolute Gasteiger partial charge is 0.465 e. The number of thiophene rings is 1. The number of fused-ring (bicyclic) bond motifs is 1. The molecule has 0 atom stereocenters. The second-order valence-corrected chi connectivity index (χ2v) is 14.3. The van der Waals surface area contributed by atoms with E-state index in [2.05, 4.69) is 10.6 Å². The topological polar surface area (TPSA) is 123 Å². The first-order chi connectivity index (χ1) is 25.3. The second kappa shape index (κ2) is 17.6. The zero-order chi connectivity index (χ0) is 36.5. The minimum absolute atomic E-state index is 0.00612. The van der Waals surface area contributed by atoms with Gasteiger partial charge in [-0.1, -0.05) is 36.4 Å². The van der Waals surface area contributed by atoms with Crippen molar-refractivity contribution >= 4 is 45.7 Å². The molecule has 11 heteroatoms. The zero-order valence-electron chi connectivity index (χ0n) is 29.7. The van der Waals surface area contributed by atoms with E-state index in [1.807, 2.05) is 59.5 Å². The summed E-state index contributed by atoms with van der Waals surface area (Å²) in [6.07, 6.45) is 7.24. The first-order valence-electron chi connectivity index (χ1n) is 17.8. The number of esters is 1. The van der Waals surface area contributed by atoms with E-state index in [1.54, 1.807) is 25.3 Å². The molecule has 3 amide bonds. The van der Waals surface area contributed by atoms with Crippen LogP contribution in [0.1, 0.15) is 83.9 Å². The zero-order valence-corrected chi connectivity index (χ0v) is 30.5. The number of hydrogen-bond donors (Lipinski definition) is 2. The van der Waals surface area contributed by atoms with E-state index in [0.29, 0.717) is 47.1 Å². The minimum atomic E-state index is -0.352. The third-order valence-corrected chi connectivity index (χ3v) is 10.6. The molecule has 1 aromatic heterocycles. The van der Waals surface area contributed by atoms with Crippen LogP contribution in [-0.4, -0.2) is 68.7 Å². The van der Waals surface area contributed by atoms with Gasteiger partial charge in [0.25, 0.3) is 11.8 Å². The fourth-order valence-electron chi connectivity index (χ4n) is 6.43. The summed E-state index contributed by atoms with van der Waals surface area (Å²) < 4.78 is 15.3. The predicted molar refractivity (Wildman–Crippen MR) is 201 cm³/mol. The molecule has 0 spiro atoms. The molecule has 2 aliphatic carbocycles. The van der Waals surface area contributed by atoms with Gasteiger partial charge in [0, 0.05) is 35.8 Å². The first-order valence-corrected chi connectivity index (χ1v) is 18.6. The van der Waals surface area contributed by atoms with Crippen LogP contribution in [0.2, 0.25) is 0 Å². The number of aryl methyl sites for hydroxylation is 3. The molecule has 2 aliphatic rings. The number of hydrogen-bond acceptors (Lipinski definition) is 8. The van der Waals surface area contributed by atoms with Gasteiger partial charge in [-0.15, -0.1) is 11.3 Å². The molecule has 0 saturated heterocycles. The molecule has 4 aromatic rings. The van der Waals surface area contributed by atoms with Gasteiger partial charge in [0.2, 0.25) is 5.91 Å². The van der Waals surface area contributed by atoms with Crippen molar-refractivity contribution in [2.24, 2.45) is 0 Å². The van der Waals surface area contributed by atoms with Gasteiger partial charge in [-0.25, -0.2) is 4.79 Å². The summed E-state index contributed by atoms with van der Waals surface area (Å²) in [5.74, 6) is -0.972. The van der Waals surface area contributed by atoms with E-state index in [1.165, 1.54) is 18.4 Å². The molecule has 1 heterocycles. The van der Waals surface area contributed by atoms with E-state index in [9.17, 15) is 19.2 Å². The van der Waals surface area contributed by atoms with Crippen LogP contribution in [0.3, 0.4) is 0 Å². The van der Waals surface area contributed by atoms with Crippen molar-refractivity contribution in [3.63, 3.8) is 0 Å². The standard InChI is InChI=1S/C41H45N3O7S/c1-49-22-23-51-26-36(45)44(33-20-21-33)25-29-6-5-7-31(24-29)38(46)43-40-37(34-8-3-4-9-35(34)52-40)39(47)42-32-18-14-28(15-19-32)11-10-27-12-16-30(17-13-27)41(48)50-2/h5-7,12-19,24,33H,3-4,8-11,20-23,25-26H2,1-2H3,(H,42,47)(H,43,46). The maximum Gasteiger partial charge on any atom is 0.337 e. The number of amides is 3. The summed E-state index contributed by atoms with van der Waals surface area (Å²) in [4.78, 5) is 55.2. The fraction of sp³-hybridized carbons (Fsp3) is 0.366. The van der Waals surface area contributed by atoms with Gasteiger partial charge in [0.05, 0.1) is 31.5 Å². The third-order valence-electron chi connectivity index (χ3n) is 9.42. The molecule has 52 heavy (non-hydrogen) atoms. The first kappa shape index (κ1) is 36.9. The Morgan fingerprint density at radius 1 is 0.788 bits per heavy atom. The number of nitrogens with one attached hydrogen (secondary N) is 2. The van der Waals surface area contributed by atoms with Crippen LogP contribution in [0.4, 0.5) is 10.7 Å². The Morgan fingerprint density at radius 2 is 1.50 bits per heavy atom. The van der Waals surface area contributed by atoms with Crippen LogP contribution >= 0.6 is 11.3 Å². The highest BCUT2D eigenvalue weighted by Crippen LogP contribution is 2.39. The Labute approximate surface area is 308 Å². The maximum atomic E-state index is 13.9. The smallest absolute Gasteiger partial charge is 0.337 e. The molecule has 2 N–H and O–H groups in total. The van der Waals surface area contributed by atoms with Crippen molar-refractivity contribution in [1.29, 1.82) is 0 Å².